The highest BCUT2D eigenvalue weighted by Gasteiger charge is 2.27. The monoisotopic (exact) mass is 673 g/mol. The summed E-state index contributed by atoms with van der Waals surface area (Å²) in [5, 5.41) is 3.68. The van der Waals surface area contributed by atoms with Gasteiger partial charge in [-0.3, -0.25) is 14.3 Å². The molecule has 0 aliphatic carbocycles. The van der Waals surface area contributed by atoms with Gasteiger partial charge in [0.1, 0.15) is 23.4 Å². The number of halogens is 3. The number of amides is 2. The summed E-state index contributed by atoms with van der Waals surface area (Å²) >= 11 is 12.2. The van der Waals surface area contributed by atoms with Crippen molar-refractivity contribution in [1.82, 2.24) is 10.2 Å². The number of ether oxygens (including phenoxy) is 2. The Balaban J connectivity index is 1.43. The predicted molar refractivity (Wildman–Crippen MR) is 170 cm³/mol. The summed E-state index contributed by atoms with van der Waals surface area (Å²) in [6.45, 7) is 1.42. The van der Waals surface area contributed by atoms with Crippen LogP contribution in [0, 0.1) is 5.82 Å². The molecule has 2 N–H and O–H groups in total. The second-order valence-electron chi connectivity index (χ2n) is 9.87. The molecule has 4 aromatic carbocycles. The quantitative estimate of drug-likeness (QED) is 0.179. The Morgan fingerprint density at radius 1 is 0.911 bits per heavy atom. The highest BCUT2D eigenvalue weighted by molar-refractivity contribution is 7.92. The molecule has 1 atom stereocenters. The Morgan fingerprint density at radius 2 is 1.56 bits per heavy atom. The fraction of sp³-hybridized carbons (Fsp3) is 0.188. The van der Waals surface area contributed by atoms with Gasteiger partial charge in [0.15, 0.2) is 6.61 Å². The van der Waals surface area contributed by atoms with E-state index in [1.807, 2.05) is 0 Å². The lowest BCUT2D eigenvalue weighted by Gasteiger charge is -2.29. The predicted octanol–water partition coefficient (Wildman–Crippen LogP) is 6.05. The molecule has 9 nitrogen and oxygen atoms in total. The Morgan fingerprint density at radius 3 is 2.18 bits per heavy atom. The number of nitrogens with zero attached hydrogens (tertiary/aromatic N) is 1. The van der Waals surface area contributed by atoms with Crippen LogP contribution in [0.25, 0.3) is 0 Å². The number of hydrogen-bond acceptors (Lipinski definition) is 6. The number of carbonyl (C=O) groups is 2. The van der Waals surface area contributed by atoms with E-state index in [1.54, 1.807) is 56.5 Å². The van der Waals surface area contributed by atoms with Gasteiger partial charge in [0, 0.05) is 28.8 Å². The minimum Gasteiger partial charge on any atom is -0.497 e. The number of hydrogen-bond donors (Lipinski definition) is 2. The van der Waals surface area contributed by atoms with E-state index in [1.165, 1.54) is 41.3 Å². The molecule has 0 heterocycles. The van der Waals surface area contributed by atoms with Gasteiger partial charge < -0.3 is 19.7 Å². The Bertz CT molecular complexity index is 1740. The first-order chi connectivity index (χ1) is 21.4. The third kappa shape index (κ3) is 9.34. The Labute approximate surface area is 270 Å². The number of rotatable bonds is 13. The molecular weight excluding hydrogens is 644 g/mol. The summed E-state index contributed by atoms with van der Waals surface area (Å²) in [5.74, 6) is -0.500. The summed E-state index contributed by atoms with van der Waals surface area (Å²) in [7, 11) is -2.40. The number of methoxy groups -OCH3 is 1. The van der Waals surface area contributed by atoms with Crippen LogP contribution in [-0.2, 0) is 32.7 Å². The van der Waals surface area contributed by atoms with Crippen LogP contribution < -0.4 is 19.5 Å². The van der Waals surface area contributed by atoms with E-state index >= 15 is 0 Å². The normalized spacial score (nSPS) is 11.8. The number of benzene rings is 4. The Hall–Kier alpha value is -4.32. The van der Waals surface area contributed by atoms with Crippen molar-refractivity contribution in [2.45, 2.75) is 31.0 Å². The maximum absolute atomic E-state index is 13.4. The van der Waals surface area contributed by atoms with Gasteiger partial charge in [-0.2, -0.15) is 0 Å². The van der Waals surface area contributed by atoms with Crippen LogP contribution in [0.15, 0.2) is 95.9 Å². The molecule has 13 heteroatoms. The molecule has 236 valence electrons. The standard InChI is InChI=1S/C32H30Cl2FN3O6S/c1-21(32(40)36-18-23-5-6-24(33)17-30(23)34)38(19-22-3-11-27(43-2)12-4-22)31(39)20-44-28-13-15-29(16-14-28)45(41,42)37-26-9-7-25(35)8-10-26/h3-17,21,37H,18-20H2,1-2H3,(H,36,40). The fourth-order valence-corrected chi connectivity index (χ4v) is 5.71. The maximum atomic E-state index is 13.4. The lowest BCUT2D eigenvalue weighted by Crippen LogP contribution is -2.48. The SMILES string of the molecule is COc1ccc(CN(C(=O)COc2ccc(S(=O)(=O)Nc3ccc(F)cc3)cc2)C(C)C(=O)NCc2ccc(Cl)cc2Cl)cc1. The number of sulfonamides is 1. The first kappa shape index (κ1) is 33.6. The van der Waals surface area contributed by atoms with E-state index in [0.29, 0.717) is 21.4 Å². The highest BCUT2D eigenvalue weighted by atomic mass is 35.5. The highest BCUT2D eigenvalue weighted by Crippen LogP contribution is 2.22. The molecule has 2 amide bonds. The van der Waals surface area contributed by atoms with Crippen molar-refractivity contribution in [2.24, 2.45) is 0 Å². The van der Waals surface area contributed by atoms with Gasteiger partial charge >= 0.3 is 0 Å². The minimum absolute atomic E-state index is 0.0577. The summed E-state index contributed by atoms with van der Waals surface area (Å²) in [4.78, 5) is 27.9. The molecule has 0 fully saturated rings. The van der Waals surface area contributed by atoms with Crippen molar-refractivity contribution in [3.05, 3.63) is 118 Å². The number of anilines is 1. The average Bonchev–Trinajstić information content (AvgIpc) is 3.03. The van der Waals surface area contributed by atoms with Crippen molar-refractivity contribution >= 4 is 50.7 Å². The summed E-state index contributed by atoms with van der Waals surface area (Å²) in [5.41, 5.74) is 1.62. The molecule has 0 spiro atoms. The van der Waals surface area contributed by atoms with Crippen LogP contribution in [0.3, 0.4) is 0 Å². The van der Waals surface area contributed by atoms with E-state index in [4.69, 9.17) is 32.7 Å². The summed E-state index contributed by atoms with van der Waals surface area (Å²) in [6.07, 6.45) is 0. The zero-order valence-electron chi connectivity index (χ0n) is 24.3. The molecule has 1 unspecified atom stereocenters. The molecular formula is C32H30Cl2FN3O6S. The number of carbonyl (C=O) groups excluding carboxylic acids is 2. The van der Waals surface area contributed by atoms with Gasteiger partial charge in [-0.15, -0.1) is 0 Å². The van der Waals surface area contributed by atoms with Crippen LogP contribution in [-0.4, -0.2) is 44.9 Å². The molecule has 45 heavy (non-hydrogen) atoms. The fourth-order valence-electron chi connectivity index (χ4n) is 4.18. The van der Waals surface area contributed by atoms with Gasteiger partial charge in [0.05, 0.1) is 12.0 Å². The lowest BCUT2D eigenvalue weighted by molar-refractivity contribution is -0.142. The molecule has 0 radical (unpaired) electrons. The molecule has 4 aromatic rings. The van der Waals surface area contributed by atoms with Crippen molar-refractivity contribution in [1.29, 1.82) is 0 Å². The topological polar surface area (TPSA) is 114 Å². The zero-order valence-corrected chi connectivity index (χ0v) is 26.6. The smallest absolute Gasteiger partial charge is 0.261 e. The van der Waals surface area contributed by atoms with E-state index in [2.05, 4.69) is 10.0 Å². The second kappa shape index (κ2) is 15.1. The van der Waals surface area contributed by atoms with Crippen molar-refractivity contribution in [3.63, 3.8) is 0 Å². The maximum Gasteiger partial charge on any atom is 0.261 e. The first-order valence-electron chi connectivity index (χ1n) is 13.6. The lowest BCUT2D eigenvalue weighted by atomic mass is 10.1. The minimum atomic E-state index is -3.95. The molecule has 4 rings (SSSR count). The van der Waals surface area contributed by atoms with E-state index in [0.717, 1.165) is 17.7 Å². The average molecular weight is 675 g/mol. The molecule has 0 aliphatic heterocycles. The van der Waals surface area contributed by atoms with Crippen LogP contribution >= 0.6 is 23.2 Å². The second-order valence-corrected chi connectivity index (χ2v) is 12.4. The van der Waals surface area contributed by atoms with Crippen molar-refractivity contribution in [2.75, 3.05) is 18.4 Å². The molecule has 0 bridgehead atoms. The van der Waals surface area contributed by atoms with Gasteiger partial charge in [-0.25, -0.2) is 12.8 Å². The Kier molecular flexibility index (Phi) is 11.3. The van der Waals surface area contributed by atoms with Crippen LogP contribution in [0.4, 0.5) is 10.1 Å². The van der Waals surface area contributed by atoms with Gasteiger partial charge in [-0.1, -0.05) is 41.4 Å². The van der Waals surface area contributed by atoms with E-state index in [9.17, 15) is 22.4 Å². The van der Waals surface area contributed by atoms with Gasteiger partial charge in [-0.05, 0) is 90.8 Å². The van der Waals surface area contributed by atoms with Crippen LogP contribution in [0.1, 0.15) is 18.1 Å². The molecule has 0 aromatic heterocycles. The largest absolute Gasteiger partial charge is 0.497 e. The number of nitrogens with one attached hydrogen (secondary N) is 2. The van der Waals surface area contributed by atoms with Gasteiger partial charge in [0.2, 0.25) is 5.91 Å². The summed E-state index contributed by atoms with van der Waals surface area (Å²) in [6, 6.07) is 21.5. The van der Waals surface area contributed by atoms with Crippen molar-refractivity contribution in [3.8, 4) is 11.5 Å². The van der Waals surface area contributed by atoms with Crippen molar-refractivity contribution < 1.29 is 31.9 Å². The third-order valence-corrected chi connectivity index (χ3v) is 8.72. The first-order valence-corrected chi connectivity index (χ1v) is 15.8. The molecule has 0 saturated carbocycles. The third-order valence-electron chi connectivity index (χ3n) is 6.74. The van der Waals surface area contributed by atoms with E-state index < -0.39 is 40.3 Å². The zero-order chi connectivity index (χ0) is 32.6. The van der Waals surface area contributed by atoms with Crippen LogP contribution in [0.5, 0.6) is 11.5 Å². The van der Waals surface area contributed by atoms with Gasteiger partial charge in [0.25, 0.3) is 15.9 Å². The summed E-state index contributed by atoms with van der Waals surface area (Å²) < 4.78 is 51.9. The van der Waals surface area contributed by atoms with Crippen LogP contribution in [0.2, 0.25) is 10.0 Å². The molecule has 0 saturated heterocycles. The molecule has 0 aliphatic rings. The van der Waals surface area contributed by atoms with E-state index in [-0.39, 0.29) is 29.4 Å².